The van der Waals surface area contributed by atoms with Gasteiger partial charge in [0.05, 0.1) is 18.7 Å². The SMILES string of the molecule is COc1ccc(CCN2C(=O)N=C3C=CC=CC3/C2=N/C(=O)NCc2ccccc2)cc1. The molecule has 0 bridgehead atoms. The maximum absolute atomic E-state index is 12.8. The van der Waals surface area contributed by atoms with Crippen LogP contribution in [0.1, 0.15) is 11.1 Å². The first-order valence-corrected chi connectivity index (χ1v) is 10.4. The zero-order valence-corrected chi connectivity index (χ0v) is 17.8. The van der Waals surface area contributed by atoms with E-state index in [9.17, 15) is 9.59 Å². The number of amidine groups is 1. The monoisotopic (exact) mass is 428 g/mol. The number of aliphatic imine (C=N–C) groups is 2. The lowest BCUT2D eigenvalue weighted by Gasteiger charge is -2.31. The predicted octanol–water partition coefficient (Wildman–Crippen LogP) is 4.16. The summed E-state index contributed by atoms with van der Waals surface area (Å²) in [7, 11) is 1.62. The molecular weight excluding hydrogens is 404 g/mol. The summed E-state index contributed by atoms with van der Waals surface area (Å²) in [5, 5.41) is 2.80. The minimum absolute atomic E-state index is 0.337. The van der Waals surface area contributed by atoms with Crippen molar-refractivity contribution in [2.24, 2.45) is 15.9 Å². The molecule has 2 aromatic carbocycles. The highest BCUT2D eigenvalue weighted by atomic mass is 16.5. The summed E-state index contributed by atoms with van der Waals surface area (Å²) in [6.45, 7) is 0.721. The molecule has 0 spiro atoms. The van der Waals surface area contributed by atoms with Crippen molar-refractivity contribution < 1.29 is 14.3 Å². The van der Waals surface area contributed by atoms with Gasteiger partial charge in [-0.3, -0.25) is 4.90 Å². The summed E-state index contributed by atoms with van der Waals surface area (Å²) in [5.41, 5.74) is 2.60. The molecule has 1 N–H and O–H groups in total. The van der Waals surface area contributed by atoms with Gasteiger partial charge in [-0.25, -0.2) is 9.59 Å². The molecule has 32 heavy (non-hydrogen) atoms. The molecule has 7 nitrogen and oxygen atoms in total. The van der Waals surface area contributed by atoms with Gasteiger partial charge < -0.3 is 10.1 Å². The topological polar surface area (TPSA) is 83.4 Å². The summed E-state index contributed by atoms with van der Waals surface area (Å²) < 4.78 is 5.20. The molecule has 0 aromatic heterocycles. The number of ether oxygens (including phenoxy) is 1. The summed E-state index contributed by atoms with van der Waals surface area (Å²) in [6, 6.07) is 16.4. The van der Waals surface area contributed by atoms with E-state index < -0.39 is 12.1 Å². The van der Waals surface area contributed by atoms with E-state index in [4.69, 9.17) is 4.74 Å². The van der Waals surface area contributed by atoms with E-state index in [0.29, 0.717) is 31.1 Å². The van der Waals surface area contributed by atoms with E-state index in [1.807, 2.05) is 72.8 Å². The van der Waals surface area contributed by atoms with Crippen LogP contribution in [0, 0.1) is 5.92 Å². The van der Waals surface area contributed by atoms with Gasteiger partial charge >= 0.3 is 12.1 Å². The molecule has 2 aromatic rings. The molecule has 4 rings (SSSR count). The Morgan fingerprint density at radius 2 is 1.88 bits per heavy atom. The van der Waals surface area contributed by atoms with Crippen LogP contribution in [-0.2, 0) is 13.0 Å². The maximum Gasteiger partial charge on any atom is 0.349 e. The fraction of sp³-hybridized carbons (Fsp3) is 0.200. The van der Waals surface area contributed by atoms with Crippen molar-refractivity contribution in [2.45, 2.75) is 13.0 Å². The van der Waals surface area contributed by atoms with Gasteiger partial charge in [-0.1, -0.05) is 60.7 Å². The lowest BCUT2D eigenvalue weighted by Crippen LogP contribution is -2.47. The minimum atomic E-state index is -0.490. The fourth-order valence-electron chi connectivity index (χ4n) is 3.58. The molecule has 1 atom stereocenters. The quantitative estimate of drug-likeness (QED) is 0.750. The number of methoxy groups -OCH3 is 1. The highest BCUT2D eigenvalue weighted by Crippen LogP contribution is 2.22. The zero-order chi connectivity index (χ0) is 22.3. The average molecular weight is 428 g/mol. The van der Waals surface area contributed by atoms with Gasteiger partial charge in [0.15, 0.2) is 0 Å². The first-order chi connectivity index (χ1) is 15.6. The van der Waals surface area contributed by atoms with Gasteiger partial charge in [-0.05, 0) is 35.8 Å². The van der Waals surface area contributed by atoms with Crippen LogP contribution >= 0.6 is 0 Å². The number of nitrogens with one attached hydrogen (secondary N) is 1. The van der Waals surface area contributed by atoms with Gasteiger partial charge in [0.25, 0.3) is 0 Å². The van der Waals surface area contributed by atoms with Crippen molar-refractivity contribution in [3.63, 3.8) is 0 Å². The Morgan fingerprint density at radius 1 is 1.09 bits per heavy atom. The summed E-state index contributed by atoms with van der Waals surface area (Å²) >= 11 is 0. The Labute approximate surface area is 186 Å². The number of urea groups is 2. The molecule has 0 saturated carbocycles. The number of fused-ring (bicyclic) bond motifs is 1. The second kappa shape index (κ2) is 9.87. The van der Waals surface area contributed by atoms with E-state index in [2.05, 4.69) is 15.3 Å². The lowest BCUT2D eigenvalue weighted by molar-refractivity contribution is 0.228. The molecule has 1 unspecified atom stereocenters. The van der Waals surface area contributed by atoms with Crippen molar-refractivity contribution >= 4 is 23.6 Å². The van der Waals surface area contributed by atoms with Crippen molar-refractivity contribution in [3.05, 3.63) is 90.0 Å². The molecule has 1 heterocycles. The number of hydrogen-bond donors (Lipinski definition) is 1. The summed E-state index contributed by atoms with van der Waals surface area (Å²) in [6.07, 6.45) is 7.97. The van der Waals surface area contributed by atoms with Crippen LogP contribution in [0.4, 0.5) is 9.59 Å². The van der Waals surface area contributed by atoms with Crippen LogP contribution in [0.25, 0.3) is 0 Å². The fourth-order valence-corrected chi connectivity index (χ4v) is 3.58. The van der Waals surface area contributed by atoms with Crippen LogP contribution in [-0.4, -0.2) is 42.2 Å². The van der Waals surface area contributed by atoms with Gasteiger partial charge in [0.1, 0.15) is 11.6 Å². The molecule has 4 amide bonds. The van der Waals surface area contributed by atoms with E-state index in [1.165, 1.54) is 4.90 Å². The number of hydrogen-bond acceptors (Lipinski definition) is 3. The minimum Gasteiger partial charge on any atom is -0.497 e. The van der Waals surface area contributed by atoms with Crippen LogP contribution in [0.5, 0.6) is 5.75 Å². The second-order valence-corrected chi connectivity index (χ2v) is 7.40. The van der Waals surface area contributed by atoms with Crippen LogP contribution in [0.15, 0.2) is 88.9 Å². The molecule has 1 aliphatic heterocycles. The molecule has 0 fully saturated rings. The average Bonchev–Trinajstić information content (AvgIpc) is 2.83. The number of nitrogens with zero attached hydrogens (tertiary/aromatic N) is 3. The van der Waals surface area contributed by atoms with E-state index >= 15 is 0 Å². The third-order valence-corrected chi connectivity index (χ3v) is 5.30. The van der Waals surface area contributed by atoms with Gasteiger partial charge in [0, 0.05) is 13.1 Å². The number of carbonyl (C=O) groups is 2. The van der Waals surface area contributed by atoms with Crippen molar-refractivity contribution in [1.29, 1.82) is 0 Å². The predicted molar refractivity (Wildman–Crippen MR) is 124 cm³/mol. The van der Waals surface area contributed by atoms with Gasteiger partial charge in [-0.15, -0.1) is 0 Å². The van der Waals surface area contributed by atoms with Crippen molar-refractivity contribution in [3.8, 4) is 5.75 Å². The van der Waals surface area contributed by atoms with E-state index in [-0.39, 0.29) is 5.92 Å². The van der Waals surface area contributed by atoms with Crippen LogP contribution < -0.4 is 10.1 Å². The molecule has 162 valence electrons. The number of allylic oxidation sites excluding steroid dienone is 3. The summed E-state index contributed by atoms with van der Waals surface area (Å²) in [4.78, 5) is 35.4. The third-order valence-electron chi connectivity index (χ3n) is 5.30. The first-order valence-electron chi connectivity index (χ1n) is 10.4. The van der Waals surface area contributed by atoms with Gasteiger partial charge in [-0.2, -0.15) is 9.98 Å². The Kier molecular flexibility index (Phi) is 6.55. The van der Waals surface area contributed by atoms with Crippen molar-refractivity contribution in [1.82, 2.24) is 10.2 Å². The number of amides is 4. The molecule has 0 radical (unpaired) electrons. The third kappa shape index (κ3) is 5.00. The maximum atomic E-state index is 12.8. The van der Waals surface area contributed by atoms with Crippen LogP contribution in [0.2, 0.25) is 0 Å². The molecule has 7 heteroatoms. The largest absolute Gasteiger partial charge is 0.497 e. The van der Waals surface area contributed by atoms with Crippen LogP contribution in [0.3, 0.4) is 0 Å². The number of rotatable bonds is 6. The van der Waals surface area contributed by atoms with Gasteiger partial charge in [0.2, 0.25) is 0 Å². The molecule has 2 aliphatic rings. The van der Waals surface area contributed by atoms with E-state index in [1.54, 1.807) is 13.2 Å². The molecule has 1 aliphatic carbocycles. The standard InChI is InChI=1S/C25H24N4O3/c1-32-20-13-11-18(12-14-20)15-16-29-23(21-9-5-6-10-22(21)27-25(29)31)28-24(30)26-17-19-7-3-2-4-8-19/h2-14,21H,15-17H2,1H3,(H,26,30)/b28-23-. The highest BCUT2D eigenvalue weighted by molar-refractivity contribution is 6.24. The normalized spacial score (nSPS) is 18.3. The smallest absolute Gasteiger partial charge is 0.349 e. The van der Waals surface area contributed by atoms with Crippen molar-refractivity contribution in [2.75, 3.05) is 13.7 Å². The second-order valence-electron chi connectivity index (χ2n) is 7.40. The van der Waals surface area contributed by atoms with E-state index in [0.717, 1.165) is 16.9 Å². The lowest BCUT2D eigenvalue weighted by atomic mass is 9.94. The first kappa shape index (κ1) is 21.2. The Morgan fingerprint density at radius 3 is 2.62 bits per heavy atom. The molecule has 0 saturated heterocycles. The number of benzene rings is 2. The zero-order valence-electron chi connectivity index (χ0n) is 17.8. The summed E-state index contributed by atoms with van der Waals surface area (Å²) in [5.74, 6) is 0.823. The highest BCUT2D eigenvalue weighted by Gasteiger charge is 2.34. The Hall–Kier alpha value is -4.00. The Balaban J connectivity index is 1.53. The Bertz CT molecular complexity index is 1100. The molecular formula is C25H24N4O3. The number of carbonyl (C=O) groups excluding carboxylic acids is 2.